The van der Waals surface area contributed by atoms with Crippen LogP contribution in [0.3, 0.4) is 0 Å². The maximum atomic E-state index is 13.1. The third-order valence-corrected chi connectivity index (χ3v) is 5.38. The SMILES string of the molecule is COc1ccc(S(=O)(=O)Nc2ccc(F)c(Cl)c2)c(Cl)c1Cl. The molecule has 2 aromatic rings. The molecule has 0 amide bonds. The molecular formula is C13H9Cl3FNO3S. The maximum Gasteiger partial charge on any atom is 0.263 e. The maximum absolute atomic E-state index is 13.1. The van der Waals surface area contributed by atoms with Gasteiger partial charge in [-0.1, -0.05) is 34.8 Å². The summed E-state index contributed by atoms with van der Waals surface area (Å²) >= 11 is 17.5. The van der Waals surface area contributed by atoms with Crippen LogP contribution in [0.4, 0.5) is 10.1 Å². The molecule has 2 aromatic carbocycles. The van der Waals surface area contributed by atoms with E-state index in [1.807, 2.05) is 0 Å². The van der Waals surface area contributed by atoms with E-state index in [-0.39, 0.29) is 31.4 Å². The Labute approximate surface area is 141 Å². The van der Waals surface area contributed by atoms with Crippen LogP contribution >= 0.6 is 34.8 Å². The van der Waals surface area contributed by atoms with Crippen molar-refractivity contribution in [2.75, 3.05) is 11.8 Å². The summed E-state index contributed by atoms with van der Waals surface area (Å²) in [4.78, 5) is -0.236. The lowest BCUT2D eigenvalue weighted by atomic mass is 10.3. The normalized spacial score (nSPS) is 11.3. The largest absolute Gasteiger partial charge is 0.495 e. The van der Waals surface area contributed by atoms with Crippen LogP contribution in [0.5, 0.6) is 5.75 Å². The molecule has 1 N–H and O–H groups in total. The second-order valence-electron chi connectivity index (χ2n) is 4.13. The first-order chi connectivity index (χ1) is 10.3. The third-order valence-electron chi connectivity index (χ3n) is 2.69. The number of anilines is 1. The van der Waals surface area contributed by atoms with Gasteiger partial charge in [0.05, 0.1) is 22.8 Å². The summed E-state index contributed by atoms with van der Waals surface area (Å²) in [6.45, 7) is 0. The number of benzene rings is 2. The van der Waals surface area contributed by atoms with Crippen molar-refractivity contribution in [2.45, 2.75) is 4.90 Å². The van der Waals surface area contributed by atoms with E-state index >= 15 is 0 Å². The van der Waals surface area contributed by atoms with E-state index in [4.69, 9.17) is 39.5 Å². The van der Waals surface area contributed by atoms with Crippen LogP contribution in [0, 0.1) is 5.82 Å². The first kappa shape index (κ1) is 17.1. The molecule has 118 valence electrons. The zero-order chi connectivity index (χ0) is 16.5. The van der Waals surface area contributed by atoms with Gasteiger partial charge in [0.1, 0.15) is 21.5 Å². The lowest BCUT2D eigenvalue weighted by Gasteiger charge is -2.12. The van der Waals surface area contributed by atoms with Crippen molar-refractivity contribution in [3.8, 4) is 5.75 Å². The van der Waals surface area contributed by atoms with Gasteiger partial charge >= 0.3 is 0 Å². The van der Waals surface area contributed by atoms with E-state index in [1.165, 1.54) is 25.3 Å². The van der Waals surface area contributed by atoms with Crippen molar-refractivity contribution >= 4 is 50.5 Å². The molecule has 0 bridgehead atoms. The molecule has 0 atom stereocenters. The van der Waals surface area contributed by atoms with E-state index in [2.05, 4.69) is 4.72 Å². The van der Waals surface area contributed by atoms with Gasteiger partial charge in [-0.2, -0.15) is 0 Å². The van der Waals surface area contributed by atoms with Gasteiger partial charge in [0.15, 0.2) is 0 Å². The van der Waals surface area contributed by atoms with Crippen LogP contribution in [0.15, 0.2) is 35.2 Å². The average Bonchev–Trinajstić information content (AvgIpc) is 2.45. The zero-order valence-corrected chi connectivity index (χ0v) is 14.1. The van der Waals surface area contributed by atoms with Gasteiger partial charge in [0.2, 0.25) is 0 Å². The molecule has 22 heavy (non-hydrogen) atoms. The second kappa shape index (κ2) is 6.50. The molecule has 0 aromatic heterocycles. The summed E-state index contributed by atoms with van der Waals surface area (Å²) in [5.74, 6) is -0.411. The Balaban J connectivity index is 2.42. The van der Waals surface area contributed by atoms with Gasteiger partial charge in [-0.3, -0.25) is 4.72 Å². The Morgan fingerprint density at radius 1 is 1.09 bits per heavy atom. The number of rotatable bonds is 4. The van der Waals surface area contributed by atoms with E-state index in [9.17, 15) is 12.8 Å². The van der Waals surface area contributed by atoms with Crippen LogP contribution in [0.1, 0.15) is 0 Å². The predicted octanol–water partition coefficient (Wildman–Crippen LogP) is 4.60. The molecule has 4 nitrogen and oxygen atoms in total. The Hall–Kier alpha value is -1.21. The molecule has 0 saturated heterocycles. The summed E-state index contributed by atoms with van der Waals surface area (Å²) in [5.41, 5.74) is 0.0920. The summed E-state index contributed by atoms with van der Waals surface area (Å²) in [6.07, 6.45) is 0. The number of hydrogen-bond donors (Lipinski definition) is 1. The number of ether oxygens (including phenoxy) is 1. The second-order valence-corrected chi connectivity index (χ2v) is 6.94. The topological polar surface area (TPSA) is 55.4 Å². The minimum atomic E-state index is -4.02. The molecule has 0 aliphatic rings. The van der Waals surface area contributed by atoms with Crippen LogP contribution < -0.4 is 9.46 Å². The van der Waals surface area contributed by atoms with Crippen LogP contribution in [0.2, 0.25) is 15.1 Å². The lowest BCUT2D eigenvalue weighted by molar-refractivity contribution is 0.414. The Morgan fingerprint density at radius 2 is 1.77 bits per heavy atom. The van der Waals surface area contributed by atoms with E-state index < -0.39 is 15.8 Å². The first-order valence-electron chi connectivity index (χ1n) is 5.76. The molecule has 0 aliphatic carbocycles. The Kier molecular flexibility index (Phi) is 5.07. The van der Waals surface area contributed by atoms with Crippen molar-refractivity contribution in [3.63, 3.8) is 0 Å². The van der Waals surface area contributed by atoms with Gasteiger partial charge in [0, 0.05) is 0 Å². The minimum absolute atomic E-state index is 0.0239. The highest BCUT2D eigenvalue weighted by molar-refractivity contribution is 7.92. The monoisotopic (exact) mass is 383 g/mol. The standard InChI is InChI=1S/C13H9Cl3FNO3S/c1-21-10-4-5-11(13(16)12(10)15)22(19,20)18-7-2-3-9(17)8(14)6-7/h2-6,18H,1H3. The summed E-state index contributed by atoms with van der Waals surface area (Å²) in [7, 11) is -2.64. The van der Waals surface area contributed by atoms with Crippen molar-refractivity contribution in [2.24, 2.45) is 0 Å². The van der Waals surface area contributed by atoms with Gasteiger partial charge in [0.25, 0.3) is 10.0 Å². The minimum Gasteiger partial charge on any atom is -0.495 e. The first-order valence-corrected chi connectivity index (χ1v) is 8.38. The summed E-state index contributed by atoms with van der Waals surface area (Å²) < 4.78 is 45.0. The number of sulfonamides is 1. The highest BCUT2D eigenvalue weighted by Crippen LogP contribution is 2.37. The molecule has 0 fully saturated rings. The lowest BCUT2D eigenvalue weighted by Crippen LogP contribution is -2.13. The van der Waals surface area contributed by atoms with Crippen molar-refractivity contribution in [3.05, 3.63) is 51.2 Å². The van der Waals surface area contributed by atoms with Gasteiger partial charge in [-0.15, -0.1) is 0 Å². The number of hydrogen-bond acceptors (Lipinski definition) is 3. The van der Waals surface area contributed by atoms with Crippen molar-refractivity contribution < 1.29 is 17.5 Å². The number of methoxy groups -OCH3 is 1. The van der Waals surface area contributed by atoms with Crippen molar-refractivity contribution in [1.29, 1.82) is 0 Å². The molecule has 0 radical (unpaired) electrons. The molecule has 0 saturated carbocycles. The Morgan fingerprint density at radius 3 is 2.36 bits per heavy atom. The van der Waals surface area contributed by atoms with E-state index in [1.54, 1.807) is 0 Å². The third kappa shape index (κ3) is 3.41. The van der Waals surface area contributed by atoms with Gasteiger partial charge in [-0.25, -0.2) is 12.8 Å². The molecule has 0 aliphatic heterocycles. The van der Waals surface area contributed by atoms with E-state index in [0.717, 1.165) is 12.1 Å². The van der Waals surface area contributed by atoms with Crippen LogP contribution in [-0.4, -0.2) is 15.5 Å². The molecule has 9 heteroatoms. The fourth-order valence-corrected chi connectivity index (χ4v) is 3.72. The Bertz CT molecular complexity index is 828. The highest BCUT2D eigenvalue weighted by Gasteiger charge is 2.22. The summed E-state index contributed by atoms with van der Waals surface area (Å²) in [5, 5.41) is -0.412. The summed E-state index contributed by atoms with van der Waals surface area (Å²) in [6, 6.07) is 6.05. The quantitative estimate of drug-likeness (QED) is 0.838. The fraction of sp³-hybridized carbons (Fsp3) is 0.0769. The molecule has 2 rings (SSSR count). The molecule has 0 spiro atoms. The van der Waals surface area contributed by atoms with Crippen LogP contribution in [0.25, 0.3) is 0 Å². The average molecular weight is 385 g/mol. The van der Waals surface area contributed by atoms with Crippen LogP contribution in [-0.2, 0) is 10.0 Å². The smallest absolute Gasteiger partial charge is 0.263 e. The number of nitrogens with one attached hydrogen (secondary N) is 1. The van der Waals surface area contributed by atoms with Gasteiger partial charge < -0.3 is 4.74 Å². The van der Waals surface area contributed by atoms with E-state index in [0.29, 0.717) is 0 Å². The molecule has 0 unspecified atom stereocenters. The fourth-order valence-electron chi connectivity index (χ4n) is 1.65. The highest BCUT2D eigenvalue weighted by atomic mass is 35.5. The zero-order valence-electron chi connectivity index (χ0n) is 11.0. The van der Waals surface area contributed by atoms with Crippen molar-refractivity contribution in [1.82, 2.24) is 0 Å². The predicted molar refractivity (Wildman–Crippen MR) is 85.2 cm³/mol. The van der Waals surface area contributed by atoms with Gasteiger partial charge in [-0.05, 0) is 30.3 Å². The molecular weight excluding hydrogens is 376 g/mol. The molecule has 0 heterocycles. The number of halogens is 4.